The highest BCUT2D eigenvalue weighted by Gasteiger charge is 2.16. The van der Waals surface area contributed by atoms with E-state index in [2.05, 4.69) is 20.2 Å². The molecule has 2 N–H and O–H groups in total. The summed E-state index contributed by atoms with van der Waals surface area (Å²) in [5.41, 5.74) is 0.593. The van der Waals surface area contributed by atoms with Crippen molar-refractivity contribution in [1.82, 2.24) is 24.6 Å². The van der Waals surface area contributed by atoms with Gasteiger partial charge in [-0.1, -0.05) is 11.3 Å². The van der Waals surface area contributed by atoms with E-state index >= 15 is 0 Å². The van der Waals surface area contributed by atoms with Gasteiger partial charge in [0.15, 0.2) is 9.99 Å². The fourth-order valence-corrected chi connectivity index (χ4v) is 3.84. The minimum atomic E-state index is -0.990. The van der Waals surface area contributed by atoms with Gasteiger partial charge in [-0.15, -0.1) is 0 Å². The molecule has 0 saturated carbocycles. The van der Waals surface area contributed by atoms with Gasteiger partial charge in [0.2, 0.25) is 0 Å². The fourth-order valence-electron chi connectivity index (χ4n) is 1.83. The number of H-pyrrole nitrogens is 1. The lowest BCUT2D eigenvalue weighted by Gasteiger charge is -2.00. The smallest absolute Gasteiger partial charge is 0.349 e. The maximum atomic E-state index is 11.5. The van der Waals surface area contributed by atoms with Crippen molar-refractivity contribution < 1.29 is 9.90 Å². The standard InChI is InChI=1S/C11H9N5O3S2/c1-4-8(9(17)18)21-11(12-4)20-7-3-6-14-15-10(19)16(6)5(2)13-7/h3H,1-2H3,(H,15,19)(H,17,18). The third-order valence-corrected chi connectivity index (χ3v) is 4.83. The zero-order valence-electron chi connectivity index (χ0n) is 10.9. The summed E-state index contributed by atoms with van der Waals surface area (Å²) < 4.78 is 1.94. The summed E-state index contributed by atoms with van der Waals surface area (Å²) in [6, 6.07) is 1.65. The average Bonchev–Trinajstić information content (AvgIpc) is 2.93. The Hall–Kier alpha value is -2.20. The number of aromatic carboxylic acids is 1. The van der Waals surface area contributed by atoms with Crippen molar-refractivity contribution in [1.29, 1.82) is 0 Å². The van der Waals surface area contributed by atoms with Crippen LogP contribution in [0.2, 0.25) is 0 Å². The molecule has 0 aliphatic carbocycles. The second-order valence-electron chi connectivity index (χ2n) is 4.17. The predicted octanol–water partition coefficient (Wildman–Crippen LogP) is 1.34. The first kappa shape index (κ1) is 13.8. The van der Waals surface area contributed by atoms with Crippen LogP contribution in [0.1, 0.15) is 21.2 Å². The molecule has 3 heterocycles. The molecular weight excluding hydrogens is 314 g/mol. The highest BCUT2D eigenvalue weighted by atomic mass is 32.2. The lowest BCUT2D eigenvalue weighted by atomic mass is 10.4. The Labute approximate surface area is 125 Å². The highest BCUT2D eigenvalue weighted by molar-refractivity contribution is 8.01. The predicted molar refractivity (Wildman–Crippen MR) is 76.3 cm³/mol. The molecule has 3 rings (SSSR count). The number of nitrogens with zero attached hydrogens (tertiary/aromatic N) is 4. The van der Waals surface area contributed by atoms with Crippen LogP contribution < -0.4 is 5.69 Å². The largest absolute Gasteiger partial charge is 0.477 e. The molecule has 0 aromatic carbocycles. The molecule has 0 spiro atoms. The van der Waals surface area contributed by atoms with Crippen LogP contribution in [0, 0.1) is 13.8 Å². The number of aromatic amines is 1. The van der Waals surface area contributed by atoms with Crippen molar-refractivity contribution in [2.45, 2.75) is 23.2 Å². The van der Waals surface area contributed by atoms with Crippen molar-refractivity contribution in [3.63, 3.8) is 0 Å². The second-order valence-corrected chi connectivity index (χ2v) is 6.43. The first-order chi connectivity index (χ1) is 9.95. The van der Waals surface area contributed by atoms with Gasteiger partial charge < -0.3 is 5.11 Å². The number of nitrogens with one attached hydrogen (secondary N) is 1. The van der Waals surface area contributed by atoms with E-state index in [9.17, 15) is 9.59 Å². The second kappa shape index (κ2) is 4.97. The third-order valence-electron chi connectivity index (χ3n) is 2.71. The molecule has 8 nitrogen and oxygen atoms in total. The van der Waals surface area contributed by atoms with Gasteiger partial charge in [0.25, 0.3) is 0 Å². The molecule has 10 heteroatoms. The maximum Gasteiger partial charge on any atom is 0.349 e. The van der Waals surface area contributed by atoms with Gasteiger partial charge in [0.1, 0.15) is 15.7 Å². The van der Waals surface area contributed by atoms with Crippen molar-refractivity contribution in [2.75, 3.05) is 0 Å². The Kier molecular flexibility index (Phi) is 3.26. The molecule has 108 valence electrons. The number of hydrogen-bond acceptors (Lipinski definition) is 7. The zero-order valence-corrected chi connectivity index (χ0v) is 12.6. The first-order valence-electron chi connectivity index (χ1n) is 5.79. The summed E-state index contributed by atoms with van der Waals surface area (Å²) in [6.45, 7) is 3.35. The topological polar surface area (TPSA) is 113 Å². The molecule has 0 fully saturated rings. The van der Waals surface area contributed by atoms with Gasteiger partial charge in [0.05, 0.1) is 5.69 Å². The van der Waals surface area contributed by atoms with Gasteiger partial charge in [-0.3, -0.25) is 0 Å². The number of rotatable bonds is 3. The molecule has 0 bridgehead atoms. The van der Waals surface area contributed by atoms with Crippen LogP contribution >= 0.6 is 23.1 Å². The number of carbonyl (C=O) groups is 1. The highest BCUT2D eigenvalue weighted by Crippen LogP contribution is 2.32. The van der Waals surface area contributed by atoms with Crippen LogP contribution in [-0.2, 0) is 0 Å². The minimum absolute atomic E-state index is 0.214. The summed E-state index contributed by atoms with van der Waals surface area (Å²) in [7, 11) is 0. The Bertz CT molecular complexity index is 910. The Morgan fingerprint density at radius 2 is 2.19 bits per heavy atom. The molecule has 3 aromatic rings. The Balaban J connectivity index is 2.00. The molecule has 0 unspecified atom stereocenters. The van der Waals surface area contributed by atoms with Crippen LogP contribution in [0.15, 0.2) is 20.2 Å². The number of carboxylic acid groups (broad SMARTS) is 1. The molecule has 21 heavy (non-hydrogen) atoms. The maximum absolute atomic E-state index is 11.5. The molecule has 0 atom stereocenters. The van der Waals surface area contributed by atoms with E-state index in [1.165, 1.54) is 16.2 Å². The summed E-state index contributed by atoms with van der Waals surface area (Å²) in [4.78, 5) is 31.2. The lowest BCUT2D eigenvalue weighted by Crippen LogP contribution is -2.13. The number of hydrogen-bond donors (Lipinski definition) is 2. The van der Waals surface area contributed by atoms with Gasteiger partial charge in [0, 0.05) is 6.07 Å². The number of aromatic nitrogens is 5. The van der Waals surface area contributed by atoms with Crippen LogP contribution in [0.3, 0.4) is 0 Å². The van der Waals surface area contributed by atoms with E-state index in [1.807, 2.05) is 0 Å². The van der Waals surface area contributed by atoms with Crippen molar-refractivity contribution in [2.24, 2.45) is 0 Å². The molecule has 0 radical (unpaired) electrons. The Morgan fingerprint density at radius 3 is 2.86 bits per heavy atom. The van der Waals surface area contributed by atoms with E-state index < -0.39 is 5.97 Å². The fraction of sp³-hybridized carbons (Fsp3) is 0.182. The first-order valence-corrected chi connectivity index (χ1v) is 7.42. The van der Waals surface area contributed by atoms with Gasteiger partial charge in [-0.2, -0.15) is 5.10 Å². The lowest BCUT2D eigenvalue weighted by molar-refractivity contribution is 0.0701. The SMILES string of the molecule is Cc1nc(Sc2cc3n[nH]c(=O)n3c(C)n2)sc1C(=O)O. The average molecular weight is 323 g/mol. The van der Waals surface area contributed by atoms with Gasteiger partial charge in [-0.25, -0.2) is 29.1 Å². The molecule has 0 amide bonds. The van der Waals surface area contributed by atoms with Crippen molar-refractivity contribution in [3.05, 3.63) is 32.9 Å². The molecule has 0 saturated heterocycles. The van der Waals surface area contributed by atoms with Crippen molar-refractivity contribution in [3.8, 4) is 0 Å². The number of thiazole rings is 1. The van der Waals surface area contributed by atoms with Gasteiger partial charge in [-0.05, 0) is 25.6 Å². The molecular formula is C11H9N5O3S2. The molecule has 0 aliphatic heterocycles. The normalized spacial score (nSPS) is 11.1. The van der Waals surface area contributed by atoms with Gasteiger partial charge >= 0.3 is 11.7 Å². The zero-order chi connectivity index (χ0) is 15.1. The third kappa shape index (κ3) is 2.43. The van der Waals surface area contributed by atoms with Crippen LogP contribution in [0.25, 0.3) is 5.65 Å². The summed E-state index contributed by atoms with van der Waals surface area (Å²) in [6.07, 6.45) is 0. The van der Waals surface area contributed by atoms with E-state index in [0.29, 0.717) is 26.5 Å². The van der Waals surface area contributed by atoms with Crippen LogP contribution in [0.4, 0.5) is 0 Å². The Morgan fingerprint density at radius 1 is 1.43 bits per heavy atom. The van der Waals surface area contributed by atoms with Crippen LogP contribution in [0.5, 0.6) is 0 Å². The summed E-state index contributed by atoms with van der Waals surface area (Å²) in [5.74, 6) is -0.490. The van der Waals surface area contributed by atoms with E-state index in [-0.39, 0.29) is 10.6 Å². The van der Waals surface area contributed by atoms with E-state index in [4.69, 9.17) is 5.11 Å². The number of fused-ring (bicyclic) bond motifs is 1. The molecule has 3 aromatic heterocycles. The van der Waals surface area contributed by atoms with E-state index in [1.54, 1.807) is 19.9 Å². The minimum Gasteiger partial charge on any atom is -0.477 e. The quantitative estimate of drug-likeness (QED) is 0.699. The molecule has 0 aliphatic rings. The monoisotopic (exact) mass is 323 g/mol. The summed E-state index contributed by atoms with van der Waals surface area (Å²) in [5, 5.41) is 15.9. The van der Waals surface area contributed by atoms with Crippen LogP contribution in [-0.4, -0.2) is 35.6 Å². The summed E-state index contributed by atoms with van der Waals surface area (Å²) >= 11 is 2.34. The number of carboxylic acids is 1. The van der Waals surface area contributed by atoms with Crippen molar-refractivity contribution >= 4 is 34.7 Å². The van der Waals surface area contributed by atoms with E-state index in [0.717, 1.165) is 11.3 Å². The number of aryl methyl sites for hydroxylation is 2.